The van der Waals surface area contributed by atoms with Gasteiger partial charge in [-0.1, -0.05) is 19.1 Å². The summed E-state index contributed by atoms with van der Waals surface area (Å²) >= 11 is 2.27. The summed E-state index contributed by atoms with van der Waals surface area (Å²) in [5, 5.41) is 0. The summed E-state index contributed by atoms with van der Waals surface area (Å²) in [5.74, 6) is 0.0606. The van der Waals surface area contributed by atoms with Crippen molar-refractivity contribution in [1.29, 1.82) is 0 Å². The highest BCUT2D eigenvalue weighted by Gasteiger charge is 2.19. The van der Waals surface area contributed by atoms with Gasteiger partial charge in [0.1, 0.15) is 5.60 Å². The Balaban J connectivity index is 2.57. The Kier molecular flexibility index (Phi) is 4.98. The monoisotopic (exact) mass is 346 g/mol. The zero-order chi connectivity index (χ0) is 13.1. The normalized spacial score (nSPS) is 13.2. The summed E-state index contributed by atoms with van der Waals surface area (Å²) in [6, 6.07) is 8.25. The van der Waals surface area contributed by atoms with Crippen LogP contribution >= 0.6 is 22.6 Å². The minimum Gasteiger partial charge on any atom is -0.460 e. The van der Waals surface area contributed by atoms with Crippen LogP contribution in [-0.2, 0) is 9.53 Å². The van der Waals surface area contributed by atoms with Gasteiger partial charge in [0, 0.05) is 3.57 Å². The molecule has 0 fully saturated rings. The second-order valence-corrected chi connectivity index (χ2v) is 6.49. The first-order valence-corrected chi connectivity index (χ1v) is 6.83. The lowest BCUT2D eigenvalue weighted by Crippen LogP contribution is -2.24. The molecule has 0 spiro atoms. The predicted octanol–water partition coefficient (Wildman–Crippen LogP) is 4.13. The zero-order valence-electron chi connectivity index (χ0n) is 10.8. The zero-order valence-corrected chi connectivity index (χ0v) is 12.9. The molecule has 0 amide bonds. The molecule has 2 nitrogen and oxygen atoms in total. The highest BCUT2D eigenvalue weighted by atomic mass is 127. The summed E-state index contributed by atoms with van der Waals surface area (Å²) in [6.45, 7) is 7.72. The number of benzene rings is 1. The molecule has 0 bridgehead atoms. The van der Waals surface area contributed by atoms with E-state index in [0.717, 1.165) is 0 Å². The first kappa shape index (κ1) is 14.5. The maximum absolute atomic E-state index is 11.7. The molecule has 1 rings (SSSR count). The Bertz CT molecular complexity index is 376. The van der Waals surface area contributed by atoms with Crippen LogP contribution in [0.25, 0.3) is 0 Å². The number of hydrogen-bond donors (Lipinski definition) is 0. The van der Waals surface area contributed by atoms with Gasteiger partial charge in [0.25, 0.3) is 0 Å². The van der Waals surface area contributed by atoms with Crippen LogP contribution in [0, 0.1) is 3.57 Å². The molecule has 0 saturated heterocycles. The summed E-state index contributed by atoms with van der Waals surface area (Å²) in [6.07, 6.45) is 0.428. The molecule has 1 aromatic carbocycles. The molecule has 0 radical (unpaired) electrons. The van der Waals surface area contributed by atoms with Crippen LogP contribution in [0.1, 0.15) is 45.6 Å². The van der Waals surface area contributed by atoms with Crippen LogP contribution in [-0.4, -0.2) is 11.6 Å². The summed E-state index contributed by atoms with van der Waals surface area (Å²) in [4.78, 5) is 11.7. The molecule has 0 saturated carbocycles. The van der Waals surface area contributed by atoms with Gasteiger partial charge in [-0.25, -0.2) is 0 Å². The molecular formula is C14H19IO2. The number of carbonyl (C=O) groups is 1. The van der Waals surface area contributed by atoms with Crippen LogP contribution in [0.2, 0.25) is 0 Å². The second-order valence-electron chi connectivity index (χ2n) is 5.24. The van der Waals surface area contributed by atoms with Crippen molar-refractivity contribution in [2.75, 3.05) is 0 Å². The maximum Gasteiger partial charge on any atom is 0.306 e. The lowest BCUT2D eigenvalue weighted by Gasteiger charge is -2.21. The summed E-state index contributed by atoms with van der Waals surface area (Å²) < 4.78 is 6.52. The maximum atomic E-state index is 11.7. The van der Waals surface area contributed by atoms with Gasteiger partial charge in [-0.3, -0.25) is 4.79 Å². The number of carbonyl (C=O) groups excluding carboxylic acids is 1. The standard InChI is InChI=1S/C14H19IO2/c1-10(9-13(16)17-14(2,3)4)11-5-7-12(15)8-6-11/h5-8,10H,9H2,1-4H3/t10-/m1/s1. The molecule has 0 unspecified atom stereocenters. The molecule has 0 heterocycles. The van der Waals surface area contributed by atoms with E-state index in [9.17, 15) is 4.79 Å². The van der Waals surface area contributed by atoms with Crippen molar-refractivity contribution < 1.29 is 9.53 Å². The molecule has 1 atom stereocenters. The Morgan fingerprint density at radius 3 is 2.29 bits per heavy atom. The minimum absolute atomic E-state index is 0.136. The lowest BCUT2D eigenvalue weighted by atomic mass is 9.98. The van der Waals surface area contributed by atoms with Crippen LogP contribution in [0.3, 0.4) is 0 Å². The molecule has 94 valence electrons. The highest BCUT2D eigenvalue weighted by molar-refractivity contribution is 14.1. The van der Waals surface area contributed by atoms with E-state index in [1.807, 2.05) is 27.7 Å². The third-order valence-electron chi connectivity index (χ3n) is 2.33. The number of hydrogen-bond acceptors (Lipinski definition) is 2. The van der Waals surface area contributed by atoms with Crippen molar-refractivity contribution in [3.63, 3.8) is 0 Å². The van der Waals surface area contributed by atoms with Crippen molar-refractivity contribution in [2.24, 2.45) is 0 Å². The molecule has 0 aliphatic heterocycles. The van der Waals surface area contributed by atoms with Crippen molar-refractivity contribution in [3.05, 3.63) is 33.4 Å². The molecule has 3 heteroatoms. The topological polar surface area (TPSA) is 26.3 Å². The molecule has 0 aliphatic rings. The van der Waals surface area contributed by atoms with E-state index in [4.69, 9.17) is 4.74 Å². The van der Waals surface area contributed by atoms with Crippen LogP contribution in [0.4, 0.5) is 0 Å². The first-order valence-electron chi connectivity index (χ1n) is 5.75. The molecule has 0 N–H and O–H groups in total. The van der Waals surface area contributed by atoms with Crippen molar-refractivity contribution in [3.8, 4) is 0 Å². The molecule has 1 aromatic rings. The van der Waals surface area contributed by atoms with Gasteiger partial charge in [0.15, 0.2) is 0 Å². The molecule has 0 aromatic heterocycles. The molecule has 0 aliphatic carbocycles. The van der Waals surface area contributed by atoms with Gasteiger partial charge in [-0.2, -0.15) is 0 Å². The number of rotatable bonds is 3. The highest BCUT2D eigenvalue weighted by Crippen LogP contribution is 2.21. The largest absolute Gasteiger partial charge is 0.460 e. The fraction of sp³-hybridized carbons (Fsp3) is 0.500. The number of esters is 1. The number of halogens is 1. The van der Waals surface area contributed by atoms with Gasteiger partial charge >= 0.3 is 5.97 Å². The minimum atomic E-state index is -0.400. The summed E-state index contributed by atoms with van der Waals surface area (Å²) in [5.41, 5.74) is 0.777. The van der Waals surface area contributed by atoms with E-state index in [0.29, 0.717) is 6.42 Å². The van der Waals surface area contributed by atoms with E-state index in [1.165, 1.54) is 9.13 Å². The Morgan fingerprint density at radius 1 is 1.29 bits per heavy atom. The smallest absolute Gasteiger partial charge is 0.306 e. The molecule has 17 heavy (non-hydrogen) atoms. The van der Waals surface area contributed by atoms with Gasteiger partial charge < -0.3 is 4.74 Å². The lowest BCUT2D eigenvalue weighted by molar-refractivity contribution is -0.155. The fourth-order valence-electron chi connectivity index (χ4n) is 1.54. The average molecular weight is 346 g/mol. The van der Waals surface area contributed by atoms with E-state index in [-0.39, 0.29) is 11.9 Å². The summed E-state index contributed by atoms with van der Waals surface area (Å²) in [7, 11) is 0. The average Bonchev–Trinajstić information content (AvgIpc) is 2.15. The van der Waals surface area contributed by atoms with Crippen LogP contribution < -0.4 is 0 Å². The van der Waals surface area contributed by atoms with Crippen LogP contribution in [0.15, 0.2) is 24.3 Å². The Morgan fingerprint density at radius 2 is 1.82 bits per heavy atom. The third-order valence-corrected chi connectivity index (χ3v) is 3.05. The van der Waals surface area contributed by atoms with E-state index in [1.54, 1.807) is 0 Å². The Hall–Kier alpha value is -0.580. The van der Waals surface area contributed by atoms with E-state index >= 15 is 0 Å². The van der Waals surface area contributed by atoms with Crippen molar-refractivity contribution in [2.45, 2.75) is 45.6 Å². The van der Waals surface area contributed by atoms with Gasteiger partial charge in [0.2, 0.25) is 0 Å². The van der Waals surface area contributed by atoms with Crippen LogP contribution in [0.5, 0.6) is 0 Å². The number of ether oxygens (including phenoxy) is 1. The van der Waals surface area contributed by atoms with E-state index in [2.05, 4.69) is 46.9 Å². The van der Waals surface area contributed by atoms with Crippen molar-refractivity contribution >= 4 is 28.6 Å². The predicted molar refractivity (Wildman–Crippen MR) is 78.0 cm³/mol. The van der Waals surface area contributed by atoms with Gasteiger partial charge in [-0.15, -0.1) is 0 Å². The second kappa shape index (κ2) is 5.85. The van der Waals surface area contributed by atoms with Gasteiger partial charge in [-0.05, 0) is 67.0 Å². The quantitative estimate of drug-likeness (QED) is 0.608. The fourth-order valence-corrected chi connectivity index (χ4v) is 1.90. The van der Waals surface area contributed by atoms with E-state index < -0.39 is 5.60 Å². The third kappa shape index (κ3) is 5.52. The SMILES string of the molecule is C[C@H](CC(=O)OC(C)(C)C)c1ccc(I)cc1. The van der Waals surface area contributed by atoms with Crippen molar-refractivity contribution in [1.82, 2.24) is 0 Å². The molecular weight excluding hydrogens is 327 g/mol. The first-order chi connectivity index (χ1) is 7.78. The van der Waals surface area contributed by atoms with Gasteiger partial charge in [0.05, 0.1) is 6.42 Å². The Labute approximate surface area is 117 Å².